The number of nitrogens with one attached hydrogen (secondary N) is 2. The van der Waals surface area contributed by atoms with Crippen molar-refractivity contribution >= 4 is 29.1 Å². The van der Waals surface area contributed by atoms with Gasteiger partial charge in [0.15, 0.2) is 0 Å². The number of carbonyl (C=O) groups excluding carboxylic acids is 2. The van der Waals surface area contributed by atoms with Crippen molar-refractivity contribution < 1.29 is 14.5 Å². The molecule has 0 fully saturated rings. The number of hydrogen-bond acceptors (Lipinski definition) is 6. The van der Waals surface area contributed by atoms with Gasteiger partial charge in [-0.1, -0.05) is 6.07 Å². The Morgan fingerprint density at radius 1 is 1.52 bits per heavy atom. The second-order valence-corrected chi connectivity index (χ2v) is 5.04. The standard InChI is InChI=1S/C13H12N6O4/c1-7-2-3-8(19(22)23)4-9(7)16-12(21)10-5-11(20)17-13-14-6-15-18(10)13/h2-4,6,10H,5H2,1H3,(H,16,21)(H,14,15,17,20)/t10-/m0/s1. The maximum atomic E-state index is 12.5. The van der Waals surface area contributed by atoms with E-state index in [2.05, 4.69) is 20.7 Å². The summed E-state index contributed by atoms with van der Waals surface area (Å²) in [5.41, 5.74) is 0.855. The average molecular weight is 316 g/mol. The minimum Gasteiger partial charge on any atom is -0.324 e. The van der Waals surface area contributed by atoms with Crippen LogP contribution in [-0.4, -0.2) is 31.5 Å². The van der Waals surface area contributed by atoms with Gasteiger partial charge in [-0.2, -0.15) is 10.1 Å². The molecule has 10 heteroatoms. The van der Waals surface area contributed by atoms with Crippen LogP contribution >= 0.6 is 0 Å². The second kappa shape index (κ2) is 5.48. The first-order valence-corrected chi connectivity index (χ1v) is 6.71. The van der Waals surface area contributed by atoms with Crippen LogP contribution < -0.4 is 10.6 Å². The molecular weight excluding hydrogens is 304 g/mol. The number of aryl methyl sites for hydroxylation is 1. The van der Waals surface area contributed by atoms with Gasteiger partial charge in [-0.15, -0.1) is 0 Å². The van der Waals surface area contributed by atoms with Crippen LogP contribution in [0.5, 0.6) is 0 Å². The Morgan fingerprint density at radius 3 is 3.04 bits per heavy atom. The number of nitrogens with zero attached hydrogens (tertiary/aromatic N) is 4. The Hall–Kier alpha value is -3.30. The minimum absolute atomic E-state index is 0.0871. The molecule has 1 aliphatic heterocycles. The summed E-state index contributed by atoms with van der Waals surface area (Å²) >= 11 is 0. The number of anilines is 2. The molecule has 0 unspecified atom stereocenters. The summed E-state index contributed by atoms with van der Waals surface area (Å²) in [6.07, 6.45) is 1.15. The number of fused-ring (bicyclic) bond motifs is 1. The summed E-state index contributed by atoms with van der Waals surface area (Å²) in [6, 6.07) is 3.31. The average Bonchev–Trinajstić information content (AvgIpc) is 2.96. The molecule has 1 aromatic heterocycles. The van der Waals surface area contributed by atoms with Crippen LogP contribution in [0.4, 0.5) is 17.3 Å². The van der Waals surface area contributed by atoms with E-state index in [1.807, 2.05) is 0 Å². The monoisotopic (exact) mass is 316 g/mol. The molecule has 0 aliphatic carbocycles. The molecule has 0 bridgehead atoms. The molecular formula is C13H12N6O4. The van der Waals surface area contributed by atoms with Gasteiger partial charge in [-0.25, -0.2) is 4.68 Å². The molecule has 0 spiro atoms. The van der Waals surface area contributed by atoms with Gasteiger partial charge in [-0.3, -0.25) is 25.0 Å². The summed E-state index contributed by atoms with van der Waals surface area (Å²) in [5, 5.41) is 19.9. The normalized spacial score (nSPS) is 16.4. The number of hydrogen-bond donors (Lipinski definition) is 2. The fraction of sp³-hybridized carbons (Fsp3) is 0.231. The highest BCUT2D eigenvalue weighted by molar-refractivity contribution is 6.01. The van der Waals surface area contributed by atoms with E-state index in [4.69, 9.17) is 0 Å². The van der Waals surface area contributed by atoms with Gasteiger partial charge in [0.05, 0.1) is 17.0 Å². The third kappa shape index (κ3) is 2.73. The number of carbonyl (C=O) groups is 2. The van der Waals surface area contributed by atoms with Gasteiger partial charge in [0.1, 0.15) is 12.4 Å². The van der Waals surface area contributed by atoms with Crippen molar-refractivity contribution in [3.8, 4) is 0 Å². The third-order valence-corrected chi connectivity index (χ3v) is 3.49. The van der Waals surface area contributed by atoms with Crippen LogP contribution in [0.15, 0.2) is 24.5 Å². The van der Waals surface area contributed by atoms with Crippen molar-refractivity contribution in [3.63, 3.8) is 0 Å². The van der Waals surface area contributed by atoms with E-state index in [1.54, 1.807) is 13.0 Å². The highest BCUT2D eigenvalue weighted by Crippen LogP contribution is 2.26. The van der Waals surface area contributed by atoms with Crippen LogP contribution in [0, 0.1) is 17.0 Å². The summed E-state index contributed by atoms with van der Waals surface area (Å²) in [5.74, 6) is -0.645. The second-order valence-electron chi connectivity index (χ2n) is 5.04. The summed E-state index contributed by atoms with van der Waals surface area (Å²) in [6.45, 7) is 1.72. The van der Waals surface area contributed by atoms with Gasteiger partial charge in [0.2, 0.25) is 17.8 Å². The highest BCUT2D eigenvalue weighted by Gasteiger charge is 2.32. The third-order valence-electron chi connectivity index (χ3n) is 3.49. The quantitative estimate of drug-likeness (QED) is 0.641. The van der Waals surface area contributed by atoms with Gasteiger partial charge in [0.25, 0.3) is 5.69 Å². The topological polar surface area (TPSA) is 132 Å². The predicted octanol–water partition coefficient (Wildman–Crippen LogP) is 1.02. The van der Waals surface area contributed by atoms with Crippen molar-refractivity contribution in [2.45, 2.75) is 19.4 Å². The van der Waals surface area contributed by atoms with Crippen molar-refractivity contribution in [1.82, 2.24) is 14.8 Å². The molecule has 2 aromatic rings. The SMILES string of the molecule is Cc1ccc([N+](=O)[O-])cc1NC(=O)[C@@H]1CC(=O)Nc2ncnn21. The molecule has 2 heterocycles. The first-order chi connectivity index (χ1) is 11.0. The Morgan fingerprint density at radius 2 is 2.30 bits per heavy atom. The van der Waals surface area contributed by atoms with E-state index < -0.39 is 16.9 Å². The fourth-order valence-corrected chi connectivity index (χ4v) is 2.28. The smallest absolute Gasteiger partial charge is 0.271 e. The first-order valence-electron chi connectivity index (χ1n) is 6.71. The lowest BCUT2D eigenvalue weighted by Crippen LogP contribution is -2.36. The van der Waals surface area contributed by atoms with Crippen LogP contribution in [0.25, 0.3) is 0 Å². The van der Waals surface area contributed by atoms with E-state index in [1.165, 1.54) is 23.1 Å². The van der Waals surface area contributed by atoms with Crippen LogP contribution in [-0.2, 0) is 9.59 Å². The molecule has 2 N–H and O–H groups in total. The Balaban J connectivity index is 1.87. The molecule has 0 saturated heterocycles. The Bertz CT molecular complexity index is 815. The van der Waals surface area contributed by atoms with Crippen molar-refractivity contribution in [2.24, 2.45) is 0 Å². The molecule has 2 amide bonds. The molecule has 3 rings (SSSR count). The highest BCUT2D eigenvalue weighted by atomic mass is 16.6. The zero-order valence-corrected chi connectivity index (χ0v) is 12.0. The van der Waals surface area contributed by atoms with E-state index in [0.717, 1.165) is 0 Å². The number of rotatable bonds is 3. The zero-order chi connectivity index (χ0) is 16.6. The van der Waals surface area contributed by atoms with Crippen LogP contribution in [0.1, 0.15) is 18.0 Å². The van der Waals surface area contributed by atoms with E-state index in [9.17, 15) is 19.7 Å². The van der Waals surface area contributed by atoms with Crippen molar-refractivity contribution in [1.29, 1.82) is 0 Å². The fourth-order valence-electron chi connectivity index (χ4n) is 2.28. The van der Waals surface area contributed by atoms with Gasteiger partial charge < -0.3 is 5.32 Å². The molecule has 1 aromatic carbocycles. The van der Waals surface area contributed by atoms with Gasteiger partial charge >= 0.3 is 0 Å². The molecule has 23 heavy (non-hydrogen) atoms. The number of nitro benzene ring substituents is 1. The Labute approximate surface area is 129 Å². The number of non-ortho nitro benzene ring substituents is 1. The maximum absolute atomic E-state index is 12.5. The lowest BCUT2D eigenvalue weighted by molar-refractivity contribution is -0.384. The Kier molecular flexibility index (Phi) is 3.48. The van der Waals surface area contributed by atoms with Gasteiger partial charge in [0, 0.05) is 12.1 Å². The summed E-state index contributed by atoms with van der Waals surface area (Å²) in [4.78, 5) is 38.2. The van der Waals surface area contributed by atoms with Crippen molar-refractivity contribution in [2.75, 3.05) is 10.6 Å². The molecule has 118 valence electrons. The number of benzene rings is 1. The molecule has 0 saturated carbocycles. The lowest BCUT2D eigenvalue weighted by atomic mass is 10.1. The zero-order valence-electron chi connectivity index (χ0n) is 12.0. The predicted molar refractivity (Wildman–Crippen MR) is 78.8 cm³/mol. The van der Waals surface area contributed by atoms with Gasteiger partial charge in [-0.05, 0) is 12.5 Å². The minimum atomic E-state index is -0.861. The molecule has 1 aliphatic rings. The van der Waals surface area contributed by atoms with Crippen molar-refractivity contribution in [3.05, 3.63) is 40.2 Å². The number of nitro groups is 1. The molecule has 0 radical (unpaired) electrons. The van der Waals surface area contributed by atoms with Crippen LogP contribution in [0.3, 0.4) is 0 Å². The summed E-state index contributed by atoms with van der Waals surface area (Å²) < 4.78 is 1.31. The van der Waals surface area contributed by atoms with E-state index in [0.29, 0.717) is 11.3 Å². The van der Waals surface area contributed by atoms with Crippen LogP contribution in [0.2, 0.25) is 0 Å². The first kappa shape index (κ1) is 14.6. The summed E-state index contributed by atoms with van der Waals surface area (Å²) in [7, 11) is 0. The lowest BCUT2D eigenvalue weighted by Gasteiger charge is -2.22. The van der Waals surface area contributed by atoms with E-state index in [-0.39, 0.29) is 24.0 Å². The largest absolute Gasteiger partial charge is 0.324 e. The molecule has 10 nitrogen and oxygen atoms in total. The molecule has 1 atom stereocenters. The number of aromatic nitrogens is 3. The number of amides is 2. The van der Waals surface area contributed by atoms with E-state index >= 15 is 0 Å². The maximum Gasteiger partial charge on any atom is 0.271 e.